The van der Waals surface area contributed by atoms with Crippen LogP contribution in [0.1, 0.15) is 86.0 Å². The lowest BCUT2D eigenvalue weighted by Crippen LogP contribution is -2.30. The van der Waals surface area contributed by atoms with Crippen molar-refractivity contribution in [3.05, 3.63) is 34.4 Å². The maximum atomic E-state index is 12.6. The number of hydrogen-bond donors (Lipinski definition) is 0. The minimum absolute atomic E-state index is 0.0105. The molecule has 0 bridgehead atoms. The third kappa shape index (κ3) is 10.4. The van der Waals surface area contributed by atoms with Gasteiger partial charge in [-0.1, -0.05) is 64.8 Å². The van der Waals surface area contributed by atoms with Crippen LogP contribution in [0, 0.1) is 33.3 Å². The van der Waals surface area contributed by atoms with Crippen molar-refractivity contribution in [2.24, 2.45) is 23.2 Å². The Morgan fingerprint density at radius 2 is 2.00 bits per heavy atom. The van der Waals surface area contributed by atoms with Gasteiger partial charge in [0.05, 0.1) is 6.10 Å². The first-order valence-corrected chi connectivity index (χ1v) is 12.4. The molecule has 0 spiro atoms. The van der Waals surface area contributed by atoms with Gasteiger partial charge in [-0.05, 0) is 49.9 Å². The molecule has 194 valence electrons. The number of methoxy groups -OCH3 is 1. The van der Waals surface area contributed by atoms with Crippen LogP contribution < -0.4 is 0 Å². The standard InChI is InChI=1S/C26H43NO7/c1-7-8-17-26(4,5)24(32-6)16-15-21-19(2)18-23(28)22(21)13-11-9-10-12-14-25(29)33-20(3)34-27(30)31/h9,11,15-16,19-22,24H,7-8,10,12-14,17-18H2,1-6H3/b11-9-,16-15+/t19-,20?,21+,22-,24-/m1/s1. The summed E-state index contributed by atoms with van der Waals surface area (Å²) < 4.78 is 10.6. The zero-order chi connectivity index (χ0) is 25.7. The molecule has 1 unspecified atom stereocenters. The molecule has 5 atom stereocenters. The lowest BCUT2D eigenvalue weighted by atomic mass is 9.80. The second kappa shape index (κ2) is 14.9. The number of Topliss-reactive ketones (excluding diaryl/α,β-unsaturated/α-hetero) is 1. The molecule has 0 saturated heterocycles. The van der Waals surface area contributed by atoms with Gasteiger partial charge in [-0.25, -0.2) is 0 Å². The molecule has 1 aliphatic rings. The molecule has 0 aliphatic heterocycles. The summed E-state index contributed by atoms with van der Waals surface area (Å²) in [5.41, 5.74) is 0.0386. The number of carbonyl (C=O) groups is 2. The fourth-order valence-electron chi connectivity index (χ4n) is 4.60. The summed E-state index contributed by atoms with van der Waals surface area (Å²) >= 11 is 0. The van der Waals surface area contributed by atoms with Gasteiger partial charge in [0.25, 0.3) is 5.09 Å². The molecule has 0 heterocycles. The van der Waals surface area contributed by atoms with Crippen LogP contribution in [0.3, 0.4) is 0 Å². The van der Waals surface area contributed by atoms with Crippen molar-refractivity contribution in [3.8, 4) is 0 Å². The van der Waals surface area contributed by atoms with E-state index in [9.17, 15) is 19.7 Å². The van der Waals surface area contributed by atoms with E-state index in [4.69, 9.17) is 9.47 Å². The highest BCUT2D eigenvalue weighted by molar-refractivity contribution is 5.84. The molecule has 1 fully saturated rings. The van der Waals surface area contributed by atoms with Crippen molar-refractivity contribution >= 4 is 11.8 Å². The van der Waals surface area contributed by atoms with Crippen LogP contribution in [0.2, 0.25) is 0 Å². The second-order valence-corrected chi connectivity index (χ2v) is 9.95. The number of esters is 1. The predicted molar refractivity (Wildman–Crippen MR) is 130 cm³/mol. The summed E-state index contributed by atoms with van der Waals surface area (Å²) in [6, 6.07) is 0. The van der Waals surface area contributed by atoms with Crippen molar-refractivity contribution in [2.45, 2.75) is 98.4 Å². The molecular formula is C26H43NO7. The normalized spacial score (nSPS) is 22.9. The molecule has 0 amide bonds. The van der Waals surface area contributed by atoms with E-state index < -0.39 is 17.3 Å². The number of ether oxygens (including phenoxy) is 2. The van der Waals surface area contributed by atoms with E-state index in [2.05, 4.69) is 44.7 Å². The van der Waals surface area contributed by atoms with Crippen LogP contribution in [0.25, 0.3) is 0 Å². The molecule has 0 aromatic heterocycles. The Kier molecular flexibility index (Phi) is 13.1. The summed E-state index contributed by atoms with van der Waals surface area (Å²) in [5.74, 6) is 0.215. The minimum Gasteiger partial charge on any atom is -0.435 e. The minimum atomic E-state index is -1.21. The maximum Gasteiger partial charge on any atom is 0.307 e. The van der Waals surface area contributed by atoms with Crippen LogP contribution in [-0.2, 0) is 23.9 Å². The topological polar surface area (TPSA) is 105 Å². The maximum absolute atomic E-state index is 12.6. The number of nitrogens with zero attached hydrogens (tertiary/aromatic N) is 1. The second-order valence-electron chi connectivity index (χ2n) is 9.95. The zero-order valence-corrected chi connectivity index (χ0v) is 21.7. The third-order valence-electron chi connectivity index (χ3n) is 6.61. The Morgan fingerprint density at radius 3 is 2.62 bits per heavy atom. The van der Waals surface area contributed by atoms with E-state index in [0.29, 0.717) is 37.4 Å². The van der Waals surface area contributed by atoms with Gasteiger partial charge >= 0.3 is 5.97 Å². The molecule has 1 aliphatic carbocycles. The van der Waals surface area contributed by atoms with E-state index in [1.807, 2.05) is 12.2 Å². The molecule has 1 rings (SSSR count). The summed E-state index contributed by atoms with van der Waals surface area (Å²) in [5, 5.41) is 9.23. The van der Waals surface area contributed by atoms with E-state index in [1.165, 1.54) is 6.92 Å². The van der Waals surface area contributed by atoms with Crippen LogP contribution in [0.4, 0.5) is 0 Å². The average Bonchev–Trinajstić information content (AvgIpc) is 3.01. The number of rotatable bonds is 16. The predicted octanol–water partition coefficient (Wildman–Crippen LogP) is 5.83. The van der Waals surface area contributed by atoms with Gasteiger partial charge in [0.1, 0.15) is 5.78 Å². The highest BCUT2D eigenvalue weighted by Gasteiger charge is 2.38. The molecule has 34 heavy (non-hydrogen) atoms. The van der Waals surface area contributed by atoms with Gasteiger partial charge in [-0.15, -0.1) is 10.1 Å². The fraction of sp³-hybridized carbons (Fsp3) is 0.769. The molecular weight excluding hydrogens is 438 g/mol. The summed E-state index contributed by atoms with van der Waals surface area (Å²) in [6.45, 7) is 10.1. The number of unbranched alkanes of at least 4 members (excludes halogenated alkanes) is 2. The Hall–Kier alpha value is -2.22. The van der Waals surface area contributed by atoms with E-state index in [0.717, 1.165) is 19.3 Å². The molecule has 0 aromatic carbocycles. The lowest BCUT2D eigenvalue weighted by molar-refractivity contribution is -0.777. The van der Waals surface area contributed by atoms with Gasteiger partial charge in [0, 0.05) is 25.9 Å². The summed E-state index contributed by atoms with van der Waals surface area (Å²) in [7, 11) is 1.75. The van der Waals surface area contributed by atoms with E-state index in [1.54, 1.807) is 7.11 Å². The quantitative estimate of drug-likeness (QED) is 0.0682. The molecule has 8 heteroatoms. The first-order chi connectivity index (χ1) is 16.0. The van der Waals surface area contributed by atoms with Crippen molar-refractivity contribution in [2.75, 3.05) is 7.11 Å². The number of ketones is 1. The largest absolute Gasteiger partial charge is 0.435 e. The Morgan fingerprint density at radius 1 is 1.29 bits per heavy atom. The smallest absolute Gasteiger partial charge is 0.307 e. The number of hydrogen-bond acceptors (Lipinski definition) is 7. The highest BCUT2D eigenvalue weighted by atomic mass is 17.0. The Labute approximate surface area is 204 Å². The molecule has 1 saturated carbocycles. The van der Waals surface area contributed by atoms with Crippen LogP contribution >= 0.6 is 0 Å². The molecule has 8 nitrogen and oxygen atoms in total. The van der Waals surface area contributed by atoms with Crippen molar-refractivity contribution in [3.63, 3.8) is 0 Å². The SMILES string of the molecule is CCCCC(C)(C)[C@@H](/C=C/[C@H]1[C@H](C)CC(=O)[C@@H]1C/C=C\CCCC(=O)OC(C)O[N+](=O)[O-])OC. The van der Waals surface area contributed by atoms with Crippen molar-refractivity contribution < 1.29 is 29.0 Å². The molecule has 0 N–H and O–H groups in total. The Bertz CT molecular complexity index is 716. The Balaban J connectivity index is 2.56. The monoisotopic (exact) mass is 481 g/mol. The van der Waals surface area contributed by atoms with Gasteiger partial charge in [-0.2, -0.15) is 0 Å². The first-order valence-electron chi connectivity index (χ1n) is 12.4. The number of allylic oxidation sites excluding steroid dienone is 3. The number of carbonyl (C=O) groups excluding carboxylic acids is 2. The van der Waals surface area contributed by atoms with Crippen LogP contribution in [0.5, 0.6) is 0 Å². The van der Waals surface area contributed by atoms with Crippen molar-refractivity contribution in [1.29, 1.82) is 0 Å². The fourth-order valence-corrected chi connectivity index (χ4v) is 4.60. The van der Waals surface area contributed by atoms with Gasteiger partial charge in [0.15, 0.2) is 0 Å². The highest BCUT2D eigenvalue weighted by Crippen LogP contribution is 2.38. The molecule has 0 radical (unpaired) electrons. The van der Waals surface area contributed by atoms with Gasteiger partial charge in [0.2, 0.25) is 6.29 Å². The zero-order valence-electron chi connectivity index (χ0n) is 21.7. The van der Waals surface area contributed by atoms with E-state index >= 15 is 0 Å². The van der Waals surface area contributed by atoms with Gasteiger partial charge in [-0.3, -0.25) is 14.4 Å². The third-order valence-corrected chi connectivity index (χ3v) is 6.61. The average molecular weight is 482 g/mol. The summed E-state index contributed by atoms with van der Waals surface area (Å²) in [4.78, 5) is 38.7. The summed E-state index contributed by atoms with van der Waals surface area (Å²) in [6.07, 6.45) is 13.2. The lowest BCUT2D eigenvalue weighted by Gasteiger charge is -2.32. The van der Waals surface area contributed by atoms with Crippen LogP contribution in [-0.4, -0.2) is 36.3 Å². The molecule has 0 aromatic rings. The van der Waals surface area contributed by atoms with Crippen LogP contribution in [0.15, 0.2) is 24.3 Å². The first kappa shape index (κ1) is 29.8. The van der Waals surface area contributed by atoms with E-state index in [-0.39, 0.29) is 29.8 Å². The van der Waals surface area contributed by atoms with Crippen molar-refractivity contribution in [1.82, 2.24) is 0 Å². The van der Waals surface area contributed by atoms with Gasteiger partial charge < -0.3 is 9.47 Å².